The smallest absolute Gasteiger partial charge is 0.272 e. The number of halogens is 1. The number of hydrogen-bond donors (Lipinski definition) is 0. The number of rotatable bonds is 3. The lowest BCUT2D eigenvalue weighted by Gasteiger charge is -2.37. The number of imide groups is 1. The summed E-state index contributed by atoms with van der Waals surface area (Å²) in [6.45, 7) is 0. The fraction of sp³-hybridized carbons (Fsp3) is 0.389. The molecule has 132 valence electrons. The molecular formula is C18H14ClN3O4. The number of nitrogens with zero attached hydrogens (tertiary/aromatic N) is 3. The molecule has 1 aromatic rings. The van der Waals surface area contributed by atoms with Gasteiger partial charge in [0.15, 0.2) is 0 Å². The molecule has 26 heavy (non-hydrogen) atoms. The largest absolute Gasteiger partial charge is 0.288 e. The normalized spacial score (nSPS) is 36.6. The van der Waals surface area contributed by atoms with E-state index in [9.17, 15) is 19.7 Å². The Morgan fingerprint density at radius 2 is 1.77 bits per heavy atom. The summed E-state index contributed by atoms with van der Waals surface area (Å²) in [7, 11) is 0. The molecule has 0 radical (unpaired) electrons. The van der Waals surface area contributed by atoms with Gasteiger partial charge in [0, 0.05) is 11.6 Å². The van der Waals surface area contributed by atoms with E-state index in [0.29, 0.717) is 17.4 Å². The van der Waals surface area contributed by atoms with Gasteiger partial charge in [0.25, 0.3) is 17.5 Å². The minimum Gasteiger partial charge on any atom is -0.272 e. The Labute approximate surface area is 153 Å². The Morgan fingerprint density at radius 3 is 2.35 bits per heavy atom. The van der Waals surface area contributed by atoms with Crippen molar-refractivity contribution in [3.63, 3.8) is 0 Å². The van der Waals surface area contributed by atoms with Gasteiger partial charge in [0.1, 0.15) is 5.02 Å². The minimum atomic E-state index is -0.587. The maximum Gasteiger partial charge on any atom is 0.288 e. The highest BCUT2D eigenvalue weighted by Gasteiger charge is 2.67. The van der Waals surface area contributed by atoms with Crippen LogP contribution in [0, 0.1) is 45.6 Å². The number of hydrogen-bond acceptors (Lipinski definition) is 5. The molecule has 8 heteroatoms. The second kappa shape index (κ2) is 5.23. The molecule has 0 spiro atoms. The molecule has 2 bridgehead atoms. The summed E-state index contributed by atoms with van der Waals surface area (Å²) in [5.41, 5.74) is 0.159. The first-order valence-electron chi connectivity index (χ1n) is 8.51. The van der Waals surface area contributed by atoms with Crippen molar-refractivity contribution in [1.82, 2.24) is 5.01 Å². The first-order valence-corrected chi connectivity index (χ1v) is 8.89. The zero-order chi connectivity index (χ0) is 18.2. The lowest BCUT2D eigenvalue weighted by atomic mass is 9.63. The number of nitro benzene ring substituents is 1. The summed E-state index contributed by atoms with van der Waals surface area (Å²) in [6, 6.07) is 4.22. The highest BCUT2D eigenvalue weighted by atomic mass is 35.5. The SMILES string of the molecule is O=C1C2C3C=CC(C4CC34)C2C(=O)N1/N=C/c1ccc(Cl)c([N+](=O)[O-])c1. The first kappa shape index (κ1) is 15.7. The molecule has 1 aromatic carbocycles. The van der Waals surface area contributed by atoms with Gasteiger partial charge < -0.3 is 0 Å². The fourth-order valence-corrected chi connectivity index (χ4v) is 5.12. The van der Waals surface area contributed by atoms with E-state index >= 15 is 0 Å². The van der Waals surface area contributed by atoms with E-state index in [0.717, 1.165) is 11.4 Å². The van der Waals surface area contributed by atoms with Gasteiger partial charge in [-0.2, -0.15) is 10.1 Å². The number of carbonyl (C=O) groups is 2. The molecule has 3 fully saturated rings. The predicted molar refractivity (Wildman–Crippen MR) is 92.3 cm³/mol. The minimum absolute atomic E-state index is 0.0216. The highest BCUT2D eigenvalue weighted by Crippen LogP contribution is 2.65. The topological polar surface area (TPSA) is 92.9 Å². The van der Waals surface area contributed by atoms with Crippen LogP contribution >= 0.6 is 11.6 Å². The van der Waals surface area contributed by atoms with Gasteiger partial charge in [-0.3, -0.25) is 19.7 Å². The molecule has 6 atom stereocenters. The Kier molecular flexibility index (Phi) is 3.16. The molecular weight excluding hydrogens is 358 g/mol. The number of carbonyl (C=O) groups excluding carboxylic acids is 2. The van der Waals surface area contributed by atoms with Crippen molar-refractivity contribution in [3.8, 4) is 0 Å². The van der Waals surface area contributed by atoms with Crippen LogP contribution in [-0.2, 0) is 9.59 Å². The van der Waals surface area contributed by atoms with Gasteiger partial charge in [-0.15, -0.1) is 0 Å². The number of amides is 2. The zero-order valence-corrected chi connectivity index (χ0v) is 14.2. The first-order chi connectivity index (χ1) is 12.5. The number of allylic oxidation sites excluding steroid dienone is 2. The number of benzene rings is 1. The zero-order valence-electron chi connectivity index (χ0n) is 13.5. The van der Waals surface area contributed by atoms with Crippen LogP contribution in [0.25, 0.3) is 0 Å². The van der Waals surface area contributed by atoms with E-state index in [1.165, 1.54) is 18.3 Å². The van der Waals surface area contributed by atoms with Gasteiger partial charge in [0.2, 0.25) is 0 Å². The average Bonchev–Trinajstić information content (AvgIpc) is 3.40. The molecule has 1 saturated heterocycles. The lowest BCUT2D eigenvalue weighted by molar-refractivity contribution is -0.384. The van der Waals surface area contributed by atoms with Crippen molar-refractivity contribution in [2.45, 2.75) is 6.42 Å². The number of hydrazone groups is 1. The molecule has 1 aliphatic heterocycles. The van der Waals surface area contributed by atoms with Crippen LogP contribution < -0.4 is 0 Å². The van der Waals surface area contributed by atoms with E-state index in [4.69, 9.17) is 11.6 Å². The van der Waals surface area contributed by atoms with Crippen molar-refractivity contribution >= 4 is 35.3 Å². The Hall–Kier alpha value is -2.54. The second-order valence-electron chi connectivity index (χ2n) is 7.36. The number of nitro groups is 1. The third kappa shape index (κ3) is 2.03. The maximum absolute atomic E-state index is 12.8. The van der Waals surface area contributed by atoms with E-state index in [2.05, 4.69) is 17.3 Å². The average molecular weight is 372 g/mol. The van der Waals surface area contributed by atoms with Crippen LogP contribution in [0.15, 0.2) is 35.5 Å². The monoisotopic (exact) mass is 371 g/mol. The standard InChI is InChI=1S/C18H14ClN3O4/c19-13-4-1-8(5-14(13)22(25)26)7-20-21-17(23)15-9-2-3-10(12-6-11(9)12)16(15)18(21)24/h1-5,7,9-12,15-16H,6H2/b20-7+. The molecule has 1 heterocycles. The van der Waals surface area contributed by atoms with E-state index in [1.807, 2.05) is 0 Å². The van der Waals surface area contributed by atoms with Gasteiger partial charge in [-0.05, 0) is 36.2 Å². The van der Waals surface area contributed by atoms with Gasteiger partial charge in [-0.1, -0.05) is 29.8 Å². The molecule has 0 N–H and O–H groups in total. The van der Waals surface area contributed by atoms with Crippen LogP contribution in [0.3, 0.4) is 0 Å². The van der Waals surface area contributed by atoms with Crippen molar-refractivity contribution in [3.05, 3.63) is 51.1 Å². The summed E-state index contributed by atoms with van der Waals surface area (Å²) < 4.78 is 0. The summed E-state index contributed by atoms with van der Waals surface area (Å²) >= 11 is 5.79. The third-order valence-electron chi connectivity index (χ3n) is 6.13. The van der Waals surface area contributed by atoms with Crippen molar-refractivity contribution in [2.24, 2.45) is 40.6 Å². The van der Waals surface area contributed by atoms with Crippen LogP contribution in [0.4, 0.5) is 5.69 Å². The molecule has 6 unspecified atom stereocenters. The molecule has 4 aliphatic carbocycles. The molecule has 2 saturated carbocycles. The van der Waals surface area contributed by atoms with Crippen LogP contribution in [0.5, 0.6) is 0 Å². The van der Waals surface area contributed by atoms with Crippen LogP contribution in [0.1, 0.15) is 12.0 Å². The molecule has 7 nitrogen and oxygen atoms in total. The summed E-state index contributed by atoms with van der Waals surface area (Å²) in [5, 5.41) is 16.0. The molecule has 2 amide bonds. The van der Waals surface area contributed by atoms with Crippen molar-refractivity contribution in [1.29, 1.82) is 0 Å². The summed E-state index contributed by atoms with van der Waals surface area (Å²) in [4.78, 5) is 36.0. The fourth-order valence-electron chi connectivity index (χ4n) is 4.93. The summed E-state index contributed by atoms with van der Waals surface area (Å²) in [5.74, 6) is 0.216. The summed E-state index contributed by atoms with van der Waals surface area (Å²) in [6.07, 6.45) is 6.60. The highest BCUT2D eigenvalue weighted by molar-refractivity contribution is 6.32. The molecule has 6 rings (SSSR count). The predicted octanol–water partition coefficient (Wildman–Crippen LogP) is 2.64. The second-order valence-corrected chi connectivity index (χ2v) is 7.76. The Bertz CT molecular complexity index is 891. The van der Waals surface area contributed by atoms with E-state index < -0.39 is 4.92 Å². The van der Waals surface area contributed by atoms with Crippen LogP contribution in [0.2, 0.25) is 5.02 Å². The lowest BCUT2D eigenvalue weighted by Crippen LogP contribution is -2.40. The van der Waals surface area contributed by atoms with Crippen molar-refractivity contribution in [2.75, 3.05) is 0 Å². The van der Waals surface area contributed by atoms with Crippen LogP contribution in [-0.4, -0.2) is 28.0 Å². The Morgan fingerprint density at radius 1 is 1.15 bits per heavy atom. The van der Waals surface area contributed by atoms with Gasteiger partial charge >= 0.3 is 0 Å². The Balaban J connectivity index is 1.43. The van der Waals surface area contributed by atoms with Gasteiger partial charge in [-0.25, -0.2) is 0 Å². The molecule has 0 aromatic heterocycles. The van der Waals surface area contributed by atoms with Gasteiger partial charge in [0.05, 0.1) is 23.0 Å². The van der Waals surface area contributed by atoms with E-state index in [-0.39, 0.29) is 46.2 Å². The molecule has 5 aliphatic rings. The third-order valence-corrected chi connectivity index (χ3v) is 6.45. The van der Waals surface area contributed by atoms with E-state index in [1.54, 1.807) is 6.07 Å². The maximum atomic E-state index is 12.8. The van der Waals surface area contributed by atoms with Crippen molar-refractivity contribution < 1.29 is 14.5 Å². The quantitative estimate of drug-likeness (QED) is 0.268.